The Morgan fingerprint density at radius 3 is 2.75 bits per heavy atom. The van der Waals surface area contributed by atoms with Gasteiger partial charge in [0.05, 0.1) is 5.25 Å². The molecule has 128 valence electrons. The molecule has 0 aliphatic heterocycles. The van der Waals surface area contributed by atoms with Crippen molar-refractivity contribution in [2.24, 2.45) is 0 Å². The number of benzene rings is 1. The first-order valence-corrected chi connectivity index (χ1v) is 8.92. The predicted octanol–water partition coefficient (Wildman–Crippen LogP) is 3.46. The van der Waals surface area contributed by atoms with Crippen molar-refractivity contribution in [3.05, 3.63) is 51.4 Å². The maximum absolute atomic E-state index is 12.4. The Morgan fingerprint density at radius 1 is 1.33 bits per heavy atom. The normalized spacial score (nSPS) is 12.0. The molecule has 1 heterocycles. The number of amides is 1. The lowest BCUT2D eigenvalue weighted by Crippen LogP contribution is -2.23. The highest BCUT2D eigenvalue weighted by molar-refractivity contribution is 8.00. The standard InChI is InChI=1S/C18H23N3O2S/c1-5-6-14-10-16(22)21-18(19-14)24-13(4)17(23)20-15-8-7-11(2)9-12(15)3/h7-10,13H,5-6H2,1-4H3,(H,20,23)(H,19,21,22)/t13-/m0/s1. The Hall–Kier alpha value is -2.08. The number of aromatic nitrogens is 2. The molecule has 0 spiro atoms. The molecular formula is C18H23N3O2S. The van der Waals surface area contributed by atoms with Gasteiger partial charge in [-0.05, 0) is 38.8 Å². The van der Waals surface area contributed by atoms with E-state index in [1.54, 1.807) is 6.92 Å². The molecule has 2 aromatic rings. The van der Waals surface area contributed by atoms with Crippen LogP contribution < -0.4 is 10.9 Å². The average Bonchev–Trinajstić information content (AvgIpc) is 2.49. The molecule has 1 amide bonds. The number of anilines is 1. The molecule has 24 heavy (non-hydrogen) atoms. The highest BCUT2D eigenvalue weighted by Gasteiger charge is 2.17. The molecule has 1 aromatic carbocycles. The molecular weight excluding hydrogens is 322 g/mol. The number of hydrogen-bond acceptors (Lipinski definition) is 4. The van der Waals surface area contributed by atoms with E-state index in [9.17, 15) is 9.59 Å². The summed E-state index contributed by atoms with van der Waals surface area (Å²) in [5, 5.41) is 3.04. The number of nitrogens with zero attached hydrogens (tertiary/aromatic N) is 1. The number of rotatable bonds is 6. The molecule has 0 aliphatic carbocycles. The number of nitrogens with one attached hydrogen (secondary N) is 2. The fraction of sp³-hybridized carbons (Fsp3) is 0.389. The zero-order valence-corrected chi connectivity index (χ0v) is 15.3. The van der Waals surface area contributed by atoms with Crippen LogP contribution in [0.5, 0.6) is 0 Å². The SMILES string of the molecule is CCCc1cc(=O)[nH]c(S[C@@H](C)C(=O)Nc2ccc(C)cc2C)n1. The second-order valence-corrected chi connectivity index (χ2v) is 7.19. The highest BCUT2D eigenvalue weighted by atomic mass is 32.2. The van der Waals surface area contributed by atoms with Crippen LogP contribution in [0.25, 0.3) is 0 Å². The van der Waals surface area contributed by atoms with Crippen LogP contribution >= 0.6 is 11.8 Å². The molecule has 0 saturated carbocycles. The minimum Gasteiger partial charge on any atom is -0.325 e. The fourth-order valence-corrected chi connectivity index (χ4v) is 3.16. The second-order valence-electron chi connectivity index (χ2n) is 5.86. The Balaban J connectivity index is 2.07. The van der Waals surface area contributed by atoms with Crippen LogP contribution in [0.4, 0.5) is 5.69 Å². The molecule has 5 nitrogen and oxygen atoms in total. The monoisotopic (exact) mass is 345 g/mol. The van der Waals surface area contributed by atoms with E-state index < -0.39 is 0 Å². The van der Waals surface area contributed by atoms with Crippen molar-refractivity contribution in [1.82, 2.24) is 9.97 Å². The van der Waals surface area contributed by atoms with Gasteiger partial charge in [-0.15, -0.1) is 0 Å². The third kappa shape index (κ3) is 4.96. The maximum atomic E-state index is 12.4. The molecule has 2 N–H and O–H groups in total. The summed E-state index contributed by atoms with van der Waals surface area (Å²) in [7, 11) is 0. The van der Waals surface area contributed by atoms with Crippen LogP contribution in [-0.4, -0.2) is 21.1 Å². The van der Waals surface area contributed by atoms with E-state index >= 15 is 0 Å². The predicted molar refractivity (Wildman–Crippen MR) is 98.7 cm³/mol. The Kier molecular flexibility index (Phi) is 6.20. The zero-order valence-electron chi connectivity index (χ0n) is 14.5. The quantitative estimate of drug-likeness (QED) is 0.621. The third-order valence-electron chi connectivity index (χ3n) is 3.58. The summed E-state index contributed by atoms with van der Waals surface area (Å²) >= 11 is 1.26. The lowest BCUT2D eigenvalue weighted by Gasteiger charge is -2.13. The van der Waals surface area contributed by atoms with Gasteiger partial charge in [0.25, 0.3) is 5.56 Å². The van der Waals surface area contributed by atoms with Crippen molar-refractivity contribution in [3.63, 3.8) is 0 Å². The lowest BCUT2D eigenvalue weighted by molar-refractivity contribution is -0.115. The summed E-state index contributed by atoms with van der Waals surface area (Å²) in [4.78, 5) is 31.2. The number of aryl methyl sites for hydroxylation is 3. The van der Waals surface area contributed by atoms with E-state index in [2.05, 4.69) is 15.3 Å². The van der Waals surface area contributed by atoms with Crippen molar-refractivity contribution in [2.75, 3.05) is 5.32 Å². The maximum Gasteiger partial charge on any atom is 0.251 e. The van der Waals surface area contributed by atoms with Gasteiger partial charge in [-0.25, -0.2) is 4.98 Å². The number of H-pyrrole nitrogens is 1. The van der Waals surface area contributed by atoms with Crippen molar-refractivity contribution < 1.29 is 4.79 Å². The highest BCUT2D eigenvalue weighted by Crippen LogP contribution is 2.22. The van der Waals surface area contributed by atoms with E-state index in [1.165, 1.54) is 17.8 Å². The number of hydrogen-bond donors (Lipinski definition) is 2. The topological polar surface area (TPSA) is 74.8 Å². The number of carbonyl (C=O) groups excluding carboxylic acids is 1. The largest absolute Gasteiger partial charge is 0.325 e. The summed E-state index contributed by atoms with van der Waals surface area (Å²) in [5.41, 5.74) is 3.56. The van der Waals surface area contributed by atoms with Gasteiger partial charge in [-0.1, -0.05) is 42.8 Å². The van der Waals surface area contributed by atoms with Gasteiger partial charge >= 0.3 is 0 Å². The summed E-state index contributed by atoms with van der Waals surface area (Å²) in [6.45, 7) is 7.82. The van der Waals surface area contributed by atoms with Gasteiger partial charge in [0, 0.05) is 17.4 Å². The van der Waals surface area contributed by atoms with Gasteiger partial charge in [0.2, 0.25) is 5.91 Å². The fourth-order valence-electron chi connectivity index (χ4n) is 2.33. The van der Waals surface area contributed by atoms with Gasteiger partial charge in [-0.3, -0.25) is 9.59 Å². The molecule has 0 saturated heterocycles. The van der Waals surface area contributed by atoms with Crippen LogP contribution in [0, 0.1) is 13.8 Å². The van der Waals surface area contributed by atoms with Crippen molar-refractivity contribution >= 4 is 23.4 Å². The molecule has 1 atom stereocenters. The lowest BCUT2D eigenvalue weighted by atomic mass is 10.1. The number of aromatic amines is 1. The summed E-state index contributed by atoms with van der Waals surface area (Å²) in [6, 6.07) is 7.41. The van der Waals surface area contributed by atoms with E-state index in [1.807, 2.05) is 39.0 Å². The Morgan fingerprint density at radius 2 is 2.08 bits per heavy atom. The molecule has 0 unspecified atom stereocenters. The molecule has 1 aromatic heterocycles. The second kappa shape index (κ2) is 8.15. The first-order chi connectivity index (χ1) is 11.4. The molecule has 0 bridgehead atoms. The first kappa shape index (κ1) is 18.3. The third-order valence-corrected chi connectivity index (χ3v) is 4.56. The van der Waals surface area contributed by atoms with Crippen LogP contribution in [0.2, 0.25) is 0 Å². The van der Waals surface area contributed by atoms with Gasteiger partial charge in [-0.2, -0.15) is 0 Å². The number of thioether (sulfide) groups is 1. The Bertz CT molecular complexity index is 786. The van der Waals surface area contributed by atoms with E-state index in [0.717, 1.165) is 35.3 Å². The molecule has 0 radical (unpaired) electrons. The molecule has 2 rings (SSSR count). The zero-order chi connectivity index (χ0) is 17.7. The van der Waals surface area contributed by atoms with Gasteiger partial charge < -0.3 is 10.3 Å². The molecule has 0 aliphatic rings. The van der Waals surface area contributed by atoms with Crippen LogP contribution in [0.3, 0.4) is 0 Å². The smallest absolute Gasteiger partial charge is 0.251 e. The Labute approximate surface area is 146 Å². The average molecular weight is 345 g/mol. The van der Waals surface area contributed by atoms with Crippen LogP contribution in [-0.2, 0) is 11.2 Å². The minimum atomic E-state index is -0.370. The summed E-state index contributed by atoms with van der Waals surface area (Å²) in [6.07, 6.45) is 1.67. The minimum absolute atomic E-state index is 0.115. The molecule has 6 heteroatoms. The van der Waals surface area contributed by atoms with Crippen LogP contribution in [0.1, 0.15) is 37.1 Å². The molecule has 0 fully saturated rings. The van der Waals surface area contributed by atoms with Gasteiger partial charge in [0.1, 0.15) is 0 Å². The summed E-state index contributed by atoms with van der Waals surface area (Å²) in [5.74, 6) is -0.115. The number of carbonyl (C=O) groups is 1. The van der Waals surface area contributed by atoms with E-state index in [4.69, 9.17) is 0 Å². The van der Waals surface area contributed by atoms with Crippen molar-refractivity contribution in [2.45, 2.75) is 50.9 Å². The van der Waals surface area contributed by atoms with E-state index in [0.29, 0.717) is 5.16 Å². The summed E-state index contributed by atoms with van der Waals surface area (Å²) < 4.78 is 0. The van der Waals surface area contributed by atoms with Crippen molar-refractivity contribution in [3.8, 4) is 0 Å². The van der Waals surface area contributed by atoms with Crippen LogP contribution in [0.15, 0.2) is 34.2 Å². The first-order valence-electron chi connectivity index (χ1n) is 8.04. The van der Waals surface area contributed by atoms with Gasteiger partial charge in [0.15, 0.2) is 5.16 Å². The van der Waals surface area contributed by atoms with Crippen molar-refractivity contribution in [1.29, 1.82) is 0 Å². The van der Waals surface area contributed by atoms with E-state index in [-0.39, 0.29) is 16.7 Å².